The molecule has 0 amide bonds. The fourth-order valence-electron chi connectivity index (χ4n) is 1.77. The Labute approximate surface area is 128 Å². The summed E-state index contributed by atoms with van der Waals surface area (Å²) >= 11 is 6.17. The van der Waals surface area contributed by atoms with E-state index in [9.17, 15) is 0 Å². The maximum Gasteiger partial charge on any atom is 0.323 e. The summed E-state index contributed by atoms with van der Waals surface area (Å²) in [6.45, 7) is 8.90. The Balaban J connectivity index is 2.45. The summed E-state index contributed by atoms with van der Waals surface area (Å²) in [5, 5.41) is 8.09. The molecule has 0 aliphatic rings. The van der Waals surface area contributed by atoms with Crippen LogP contribution in [0, 0.1) is 13.8 Å². The lowest BCUT2D eigenvalue weighted by Crippen LogP contribution is -2.12. The standard InChI is InChI=1S/C13H19ClN6O/c1-5-7-15-11-16-12(18-13(17-11)21-6-2)20-9(4)10(14)8(3)19-20/h5-7H2,1-4H3,(H,15,16,17,18). The highest BCUT2D eigenvalue weighted by atomic mass is 35.5. The minimum absolute atomic E-state index is 0.268. The Morgan fingerprint density at radius 1 is 1.19 bits per heavy atom. The third-order valence-electron chi connectivity index (χ3n) is 2.80. The van der Waals surface area contributed by atoms with E-state index >= 15 is 0 Å². The van der Waals surface area contributed by atoms with Crippen LogP contribution < -0.4 is 10.1 Å². The number of aryl methyl sites for hydroxylation is 1. The molecule has 0 saturated carbocycles. The van der Waals surface area contributed by atoms with Gasteiger partial charge in [0.15, 0.2) is 0 Å². The highest BCUT2D eigenvalue weighted by molar-refractivity contribution is 6.31. The van der Waals surface area contributed by atoms with Crippen molar-refractivity contribution in [2.24, 2.45) is 0 Å². The first kappa shape index (κ1) is 15.5. The molecule has 114 valence electrons. The molecule has 21 heavy (non-hydrogen) atoms. The second-order valence-electron chi connectivity index (χ2n) is 4.50. The van der Waals surface area contributed by atoms with Crippen LogP contribution in [0.1, 0.15) is 31.7 Å². The van der Waals surface area contributed by atoms with Gasteiger partial charge in [-0.2, -0.15) is 20.1 Å². The van der Waals surface area contributed by atoms with Gasteiger partial charge in [0.1, 0.15) is 0 Å². The molecule has 0 aliphatic heterocycles. The van der Waals surface area contributed by atoms with E-state index in [-0.39, 0.29) is 6.01 Å². The Morgan fingerprint density at radius 3 is 2.52 bits per heavy atom. The average Bonchev–Trinajstić information content (AvgIpc) is 2.73. The fourth-order valence-corrected chi connectivity index (χ4v) is 1.89. The summed E-state index contributed by atoms with van der Waals surface area (Å²) in [5.74, 6) is 0.855. The predicted octanol–water partition coefficient (Wildman–Crippen LogP) is 2.55. The molecule has 0 radical (unpaired) electrons. The first-order chi connectivity index (χ1) is 10.1. The number of nitrogens with one attached hydrogen (secondary N) is 1. The summed E-state index contributed by atoms with van der Waals surface area (Å²) in [6.07, 6.45) is 0.969. The molecule has 2 heterocycles. The van der Waals surface area contributed by atoms with Gasteiger partial charge in [-0.25, -0.2) is 4.68 Å². The van der Waals surface area contributed by atoms with E-state index < -0.39 is 0 Å². The molecule has 0 saturated heterocycles. The SMILES string of the molecule is CCCNc1nc(OCC)nc(-n2nc(C)c(Cl)c2C)n1. The van der Waals surface area contributed by atoms with Crippen molar-refractivity contribution in [1.82, 2.24) is 24.7 Å². The van der Waals surface area contributed by atoms with Crippen molar-refractivity contribution in [3.8, 4) is 12.0 Å². The lowest BCUT2D eigenvalue weighted by atomic mass is 10.4. The van der Waals surface area contributed by atoms with Gasteiger partial charge in [0.05, 0.1) is 23.0 Å². The molecule has 1 N–H and O–H groups in total. The molecule has 2 rings (SSSR count). The molecule has 0 fully saturated rings. The molecule has 0 aliphatic carbocycles. The van der Waals surface area contributed by atoms with Gasteiger partial charge in [-0.05, 0) is 27.2 Å². The van der Waals surface area contributed by atoms with Gasteiger partial charge < -0.3 is 10.1 Å². The lowest BCUT2D eigenvalue weighted by Gasteiger charge is -2.09. The number of nitrogens with zero attached hydrogens (tertiary/aromatic N) is 5. The van der Waals surface area contributed by atoms with Crippen molar-refractivity contribution in [3.63, 3.8) is 0 Å². The van der Waals surface area contributed by atoms with Crippen LogP contribution >= 0.6 is 11.6 Å². The highest BCUT2D eigenvalue weighted by Crippen LogP contribution is 2.22. The van der Waals surface area contributed by atoms with Crippen molar-refractivity contribution in [2.75, 3.05) is 18.5 Å². The smallest absolute Gasteiger partial charge is 0.323 e. The van der Waals surface area contributed by atoms with E-state index in [0.717, 1.165) is 24.4 Å². The summed E-state index contributed by atoms with van der Waals surface area (Å²) in [4.78, 5) is 12.9. The number of ether oxygens (including phenoxy) is 1. The van der Waals surface area contributed by atoms with Gasteiger partial charge in [-0.15, -0.1) is 0 Å². The number of halogens is 1. The van der Waals surface area contributed by atoms with Crippen LogP contribution in [0.2, 0.25) is 5.02 Å². The quantitative estimate of drug-likeness (QED) is 0.883. The maximum atomic E-state index is 6.17. The summed E-state index contributed by atoms with van der Waals surface area (Å²) in [5.41, 5.74) is 1.51. The Morgan fingerprint density at radius 2 is 1.95 bits per heavy atom. The second kappa shape index (κ2) is 6.71. The van der Waals surface area contributed by atoms with E-state index in [0.29, 0.717) is 23.5 Å². The Bertz CT molecular complexity index is 627. The zero-order chi connectivity index (χ0) is 15.4. The second-order valence-corrected chi connectivity index (χ2v) is 4.88. The van der Waals surface area contributed by atoms with Gasteiger partial charge in [-0.3, -0.25) is 0 Å². The van der Waals surface area contributed by atoms with Crippen LogP contribution in [0.15, 0.2) is 0 Å². The van der Waals surface area contributed by atoms with Crippen LogP contribution in [-0.4, -0.2) is 37.9 Å². The number of anilines is 1. The molecule has 0 unspecified atom stereocenters. The van der Waals surface area contributed by atoms with Crippen molar-refractivity contribution >= 4 is 17.5 Å². The molecule has 2 aromatic rings. The van der Waals surface area contributed by atoms with Gasteiger partial charge in [-0.1, -0.05) is 18.5 Å². The van der Waals surface area contributed by atoms with Crippen LogP contribution in [-0.2, 0) is 0 Å². The number of rotatable bonds is 6. The zero-order valence-corrected chi connectivity index (χ0v) is 13.4. The molecule has 8 heteroatoms. The molecular weight excluding hydrogens is 292 g/mol. The van der Waals surface area contributed by atoms with Gasteiger partial charge in [0.25, 0.3) is 5.95 Å². The van der Waals surface area contributed by atoms with Gasteiger partial charge >= 0.3 is 6.01 Å². The number of hydrogen-bond donors (Lipinski definition) is 1. The molecule has 0 atom stereocenters. The average molecular weight is 311 g/mol. The molecule has 7 nitrogen and oxygen atoms in total. The van der Waals surface area contributed by atoms with Crippen LogP contribution in [0.4, 0.5) is 5.95 Å². The van der Waals surface area contributed by atoms with Gasteiger partial charge in [0.2, 0.25) is 5.95 Å². The van der Waals surface area contributed by atoms with Crippen LogP contribution in [0.5, 0.6) is 6.01 Å². The molecule has 0 bridgehead atoms. The number of hydrogen-bond acceptors (Lipinski definition) is 6. The van der Waals surface area contributed by atoms with E-state index in [1.165, 1.54) is 0 Å². The monoisotopic (exact) mass is 310 g/mol. The summed E-state index contributed by atoms with van der Waals surface area (Å²) in [6, 6.07) is 0.268. The third-order valence-corrected chi connectivity index (χ3v) is 3.35. The first-order valence-electron chi connectivity index (χ1n) is 6.91. The first-order valence-corrected chi connectivity index (χ1v) is 7.29. The summed E-state index contributed by atoms with van der Waals surface area (Å²) < 4.78 is 6.99. The topological polar surface area (TPSA) is 77.8 Å². The third kappa shape index (κ3) is 3.41. The lowest BCUT2D eigenvalue weighted by molar-refractivity contribution is 0.311. The predicted molar refractivity (Wildman–Crippen MR) is 81.4 cm³/mol. The van der Waals surface area contributed by atoms with E-state index in [1.54, 1.807) is 4.68 Å². The minimum atomic E-state index is 0.268. The molecule has 0 aromatic carbocycles. The molecule has 0 spiro atoms. The Kier molecular flexibility index (Phi) is 4.95. The van der Waals surface area contributed by atoms with Crippen LogP contribution in [0.3, 0.4) is 0 Å². The van der Waals surface area contributed by atoms with Gasteiger partial charge in [0, 0.05) is 6.54 Å². The van der Waals surface area contributed by atoms with E-state index in [1.807, 2.05) is 20.8 Å². The normalized spacial score (nSPS) is 10.7. The Hall–Kier alpha value is -1.89. The molecular formula is C13H19ClN6O. The van der Waals surface area contributed by atoms with Crippen molar-refractivity contribution in [3.05, 3.63) is 16.4 Å². The maximum absolute atomic E-state index is 6.17. The zero-order valence-electron chi connectivity index (χ0n) is 12.6. The van der Waals surface area contributed by atoms with Crippen molar-refractivity contribution in [1.29, 1.82) is 0 Å². The van der Waals surface area contributed by atoms with Crippen molar-refractivity contribution < 1.29 is 4.74 Å². The van der Waals surface area contributed by atoms with Crippen molar-refractivity contribution in [2.45, 2.75) is 34.1 Å². The summed E-state index contributed by atoms with van der Waals surface area (Å²) in [7, 11) is 0. The number of aromatic nitrogens is 5. The minimum Gasteiger partial charge on any atom is -0.464 e. The largest absolute Gasteiger partial charge is 0.464 e. The van der Waals surface area contributed by atoms with E-state index in [2.05, 4.69) is 32.3 Å². The van der Waals surface area contributed by atoms with Crippen LogP contribution in [0.25, 0.3) is 5.95 Å². The fraction of sp³-hybridized carbons (Fsp3) is 0.538. The molecule has 2 aromatic heterocycles. The van der Waals surface area contributed by atoms with E-state index in [4.69, 9.17) is 16.3 Å². The highest BCUT2D eigenvalue weighted by Gasteiger charge is 2.15.